The Balaban J connectivity index is 1.56. The Kier molecular flexibility index (Phi) is 6.70. The summed E-state index contributed by atoms with van der Waals surface area (Å²) in [5.41, 5.74) is 3.46. The first-order valence-electron chi connectivity index (χ1n) is 9.48. The second-order valence-corrected chi connectivity index (χ2v) is 6.88. The molecule has 1 aromatic heterocycles. The van der Waals surface area contributed by atoms with Crippen LogP contribution in [0.15, 0.2) is 39.8 Å². The van der Waals surface area contributed by atoms with Gasteiger partial charge in [-0.15, -0.1) is 0 Å². The third kappa shape index (κ3) is 5.23. The zero-order chi connectivity index (χ0) is 19.1. The number of rotatable bonds is 6. The van der Waals surface area contributed by atoms with Crippen LogP contribution in [0.5, 0.6) is 0 Å². The predicted octanol–water partition coefficient (Wildman–Crippen LogP) is 2.50. The van der Waals surface area contributed by atoms with Crippen molar-refractivity contribution in [1.29, 1.82) is 0 Å². The molecule has 1 aromatic carbocycles. The molecule has 0 aliphatic carbocycles. The fourth-order valence-electron chi connectivity index (χ4n) is 3.03. The van der Waals surface area contributed by atoms with Crippen molar-refractivity contribution in [2.24, 2.45) is 4.99 Å². The van der Waals surface area contributed by atoms with Gasteiger partial charge in [0.1, 0.15) is 0 Å². The Hall–Kier alpha value is -2.54. The van der Waals surface area contributed by atoms with Gasteiger partial charge in [0.2, 0.25) is 0 Å². The normalized spacial score (nSPS) is 15.3. The Morgan fingerprint density at radius 1 is 1.19 bits per heavy atom. The molecule has 0 unspecified atom stereocenters. The molecule has 2 heterocycles. The number of nitrogens with zero attached hydrogens (tertiary/aromatic N) is 3. The van der Waals surface area contributed by atoms with Crippen LogP contribution in [0, 0.1) is 0 Å². The molecule has 1 saturated heterocycles. The summed E-state index contributed by atoms with van der Waals surface area (Å²) in [5, 5.41) is 10.7. The van der Waals surface area contributed by atoms with Crippen molar-refractivity contribution in [2.75, 3.05) is 38.3 Å². The lowest BCUT2D eigenvalue weighted by atomic mass is 10.1. The van der Waals surface area contributed by atoms with Crippen LogP contribution in [0.1, 0.15) is 36.8 Å². The molecule has 3 rings (SSSR count). The number of ether oxygens (including phenoxy) is 1. The number of nitrogens with one attached hydrogen (secondary N) is 2. The van der Waals surface area contributed by atoms with Gasteiger partial charge < -0.3 is 24.8 Å². The van der Waals surface area contributed by atoms with Crippen molar-refractivity contribution >= 4 is 11.6 Å². The molecule has 0 radical (unpaired) electrons. The second-order valence-electron chi connectivity index (χ2n) is 6.88. The van der Waals surface area contributed by atoms with Crippen LogP contribution >= 0.6 is 0 Å². The topological polar surface area (TPSA) is 74.9 Å². The van der Waals surface area contributed by atoms with Crippen molar-refractivity contribution in [2.45, 2.75) is 32.9 Å². The fraction of sp³-hybridized carbons (Fsp3) is 0.500. The van der Waals surface area contributed by atoms with E-state index in [1.54, 1.807) is 7.05 Å². The van der Waals surface area contributed by atoms with Gasteiger partial charge in [-0.2, -0.15) is 0 Å². The minimum Gasteiger partial charge on any atom is -0.378 e. The summed E-state index contributed by atoms with van der Waals surface area (Å²) in [6.45, 7) is 8.84. The molecule has 0 atom stereocenters. The Morgan fingerprint density at radius 2 is 1.93 bits per heavy atom. The van der Waals surface area contributed by atoms with Gasteiger partial charge in [-0.25, -0.2) is 0 Å². The number of aromatic nitrogens is 1. The van der Waals surface area contributed by atoms with Crippen molar-refractivity contribution < 1.29 is 9.26 Å². The molecule has 1 fully saturated rings. The number of anilines is 1. The number of benzene rings is 1. The molecule has 0 amide bonds. The van der Waals surface area contributed by atoms with Crippen molar-refractivity contribution in [3.63, 3.8) is 0 Å². The Bertz CT molecular complexity index is 750. The second kappa shape index (κ2) is 9.41. The van der Waals surface area contributed by atoms with Gasteiger partial charge in [0.05, 0.1) is 25.5 Å². The zero-order valence-corrected chi connectivity index (χ0v) is 16.4. The highest BCUT2D eigenvalue weighted by molar-refractivity contribution is 5.79. The van der Waals surface area contributed by atoms with E-state index in [-0.39, 0.29) is 0 Å². The van der Waals surface area contributed by atoms with E-state index in [9.17, 15) is 0 Å². The molecule has 2 N–H and O–H groups in total. The van der Waals surface area contributed by atoms with E-state index < -0.39 is 0 Å². The number of aliphatic imine (C=N–C) groups is 1. The molecule has 0 saturated carbocycles. The fourth-order valence-corrected chi connectivity index (χ4v) is 3.03. The highest BCUT2D eigenvalue weighted by atomic mass is 16.5. The van der Waals surface area contributed by atoms with Gasteiger partial charge in [-0.05, 0) is 17.5 Å². The van der Waals surface area contributed by atoms with Crippen LogP contribution in [0.2, 0.25) is 0 Å². The molecule has 0 bridgehead atoms. The first-order valence-corrected chi connectivity index (χ1v) is 9.48. The van der Waals surface area contributed by atoms with E-state index >= 15 is 0 Å². The summed E-state index contributed by atoms with van der Waals surface area (Å²) >= 11 is 0. The van der Waals surface area contributed by atoms with E-state index in [1.807, 2.05) is 6.07 Å². The van der Waals surface area contributed by atoms with Crippen molar-refractivity contribution in [3.05, 3.63) is 47.3 Å². The predicted molar refractivity (Wildman–Crippen MR) is 107 cm³/mol. The molecule has 7 heteroatoms. The lowest BCUT2D eigenvalue weighted by molar-refractivity contribution is 0.122. The molecule has 1 aliphatic rings. The van der Waals surface area contributed by atoms with Gasteiger partial charge in [0, 0.05) is 38.4 Å². The summed E-state index contributed by atoms with van der Waals surface area (Å²) in [4.78, 5) is 6.67. The first-order chi connectivity index (χ1) is 13.2. The minimum atomic E-state index is 0.358. The van der Waals surface area contributed by atoms with Crippen LogP contribution in [0.4, 0.5) is 5.69 Å². The number of guanidine groups is 1. The smallest absolute Gasteiger partial charge is 0.191 e. The van der Waals surface area contributed by atoms with Crippen LogP contribution in [0.25, 0.3) is 0 Å². The van der Waals surface area contributed by atoms with E-state index in [4.69, 9.17) is 9.26 Å². The number of morpholine rings is 1. The lowest BCUT2D eigenvalue weighted by Gasteiger charge is -2.30. The molecule has 1 aliphatic heterocycles. The lowest BCUT2D eigenvalue weighted by Crippen LogP contribution is -2.38. The summed E-state index contributed by atoms with van der Waals surface area (Å²) < 4.78 is 10.8. The number of hydrogen-bond donors (Lipinski definition) is 2. The van der Waals surface area contributed by atoms with Crippen LogP contribution in [0.3, 0.4) is 0 Å². The molecular weight excluding hydrogens is 342 g/mol. The SMILES string of the molecule is CN=C(NCc1cc(C(C)C)no1)NCc1ccccc1N1CCOCC1. The average Bonchev–Trinajstić information content (AvgIpc) is 3.18. The van der Waals surface area contributed by atoms with E-state index in [0.717, 1.165) is 43.7 Å². The largest absolute Gasteiger partial charge is 0.378 e. The first kappa shape index (κ1) is 19.2. The maximum atomic E-state index is 5.47. The third-order valence-electron chi connectivity index (χ3n) is 4.61. The zero-order valence-electron chi connectivity index (χ0n) is 16.4. The maximum absolute atomic E-state index is 5.47. The van der Waals surface area contributed by atoms with Crippen LogP contribution in [-0.2, 0) is 17.8 Å². The van der Waals surface area contributed by atoms with E-state index in [2.05, 4.69) is 63.8 Å². The Morgan fingerprint density at radius 3 is 2.63 bits per heavy atom. The highest BCUT2D eigenvalue weighted by Crippen LogP contribution is 2.21. The van der Waals surface area contributed by atoms with Gasteiger partial charge in [0.25, 0.3) is 0 Å². The summed E-state index contributed by atoms with van der Waals surface area (Å²) in [6.07, 6.45) is 0. The monoisotopic (exact) mass is 371 g/mol. The van der Waals surface area contributed by atoms with E-state index in [0.29, 0.717) is 19.0 Å². The molecule has 27 heavy (non-hydrogen) atoms. The quantitative estimate of drug-likeness (QED) is 0.600. The van der Waals surface area contributed by atoms with Crippen LogP contribution in [-0.4, -0.2) is 44.5 Å². The molecular formula is C20H29N5O2. The number of hydrogen-bond acceptors (Lipinski definition) is 5. The van der Waals surface area contributed by atoms with Gasteiger partial charge in [-0.3, -0.25) is 4.99 Å². The van der Waals surface area contributed by atoms with Gasteiger partial charge >= 0.3 is 0 Å². The standard InChI is InChI=1S/C20H29N5O2/c1-15(2)18-12-17(27-24-18)14-23-20(21-3)22-13-16-6-4-5-7-19(16)25-8-10-26-11-9-25/h4-7,12,15H,8-11,13-14H2,1-3H3,(H2,21,22,23). The van der Waals surface area contributed by atoms with Crippen LogP contribution < -0.4 is 15.5 Å². The van der Waals surface area contributed by atoms with Gasteiger partial charge in [0.15, 0.2) is 11.7 Å². The Labute approximate surface area is 160 Å². The average molecular weight is 371 g/mol. The van der Waals surface area contributed by atoms with Crippen molar-refractivity contribution in [1.82, 2.24) is 15.8 Å². The molecule has 146 valence electrons. The summed E-state index contributed by atoms with van der Waals surface area (Å²) in [6, 6.07) is 10.5. The van der Waals surface area contributed by atoms with E-state index in [1.165, 1.54) is 11.3 Å². The van der Waals surface area contributed by atoms with Gasteiger partial charge in [-0.1, -0.05) is 37.2 Å². The van der Waals surface area contributed by atoms with Crippen molar-refractivity contribution in [3.8, 4) is 0 Å². The third-order valence-corrected chi connectivity index (χ3v) is 4.61. The molecule has 7 nitrogen and oxygen atoms in total. The summed E-state index contributed by atoms with van der Waals surface area (Å²) in [5.74, 6) is 1.89. The minimum absolute atomic E-state index is 0.358. The molecule has 0 spiro atoms. The summed E-state index contributed by atoms with van der Waals surface area (Å²) in [7, 11) is 1.77. The maximum Gasteiger partial charge on any atom is 0.191 e. The molecule has 2 aromatic rings. The number of para-hydroxylation sites is 1. The highest BCUT2D eigenvalue weighted by Gasteiger charge is 2.14.